The van der Waals surface area contributed by atoms with Crippen LogP contribution in [0.1, 0.15) is 17.4 Å². The Kier molecular flexibility index (Phi) is 5.60. The molecule has 8 nitrogen and oxygen atoms in total. The van der Waals surface area contributed by atoms with Gasteiger partial charge in [0.25, 0.3) is 0 Å². The number of fused-ring (bicyclic) bond motifs is 1. The van der Waals surface area contributed by atoms with Crippen LogP contribution in [0, 0.1) is 0 Å². The number of nitrogen functional groups attached to an aromatic ring is 1. The molecule has 4 N–H and O–H groups in total. The minimum absolute atomic E-state index is 0.122. The number of H-pyrrole nitrogens is 1. The van der Waals surface area contributed by atoms with Crippen LogP contribution in [0.2, 0.25) is 0 Å². The van der Waals surface area contributed by atoms with Gasteiger partial charge in [-0.05, 0) is 17.7 Å². The summed E-state index contributed by atoms with van der Waals surface area (Å²) < 4.78 is 14.3. The molecule has 9 heteroatoms. The number of nitrogens with one attached hydrogen (secondary N) is 1. The number of halogens is 1. The van der Waals surface area contributed by atoms with E-state index in [1.165, 1.54) is 4.68 Å². The van der Waals surface area contributed by atoms with Gasteiger partial charge in [-0.25, -0.2) is 24.0 Å². The van der Waals surface area contributed by atoms with E-state index < -0.39 is 12.8 Å². The van der Waals surface area contributed by atoms with Crippen LogP contribution in [0.5, 0.6) is 0 Å². The predicted molar refractivity (Wildman–Crippen MR) is 129 cm³/mol. The number of anilines is 1. The summed E-state index contributed by atoms with van der Waals surface area (Å²) in [6.07, 6.45) is 6.47. The predicted octanol–water partition coefficient (Wildman–Crippen LogP) is 4.18. The van der Waals surface area contributed by atoms with Crippen molar-refractivity contribution in [3.8, 4) is 22.4 Å². The first-order valence-corrected chi connectivity index (χ1v) is 10.6. The topological polar surface area (TPSA) is 119 Å². The maximum atomic E-state index is 12.9. The largest absolute Gasteiger partial charge is 0.388 e. The van der Waals surface area contributed by atoms with Crippen LogP contribution in [0.4, 0.5) is 10.3 Å². The average Bonchev–Trinajstić information content (AvgIpc) is 3.51. The summed E-state index contributed by atoms with van der Waals surface area (Å²) in [5.41, 5.74) is 11.4. The molecule has 1 aromatic carbocycles. The molecule has 0 saturated carbocycles. The first kappa shape index (κ1) is 21.5. The van der Waals surface area contributed by atoms with Crippen LogP contribution in [-0.4, -0.2) is 41.5 Å². The standard InChI is InChI=1S/C25H22FN7O/c1-15(10-26)33-14-18(12-30-33)17-7-20-21(13-29-24(20)28-11-17)22-8-19(31-25(27)32-22)9-23(34)16-5-3-2-4-6-16/h2-8,11-14,23,34H,1,9-10H2,(H,28,29)(H2,27,31,32). The fourth-order valence-corrected chi connectivity index (χ4v) is 3.83. The second-order valence-electron chi connectivity index (χ2n) is 7.93. The maximum Gasteiger partial charge on any atom is 0.220 e. The summed E-state index contributed by atoms with van der Waals surface area (Å²) in [6, 6.07) is 13.2. The second kappa shape index (κ2) is 8.87. The highest BCUT2D eigenvalue weighted by Crippen LogP contribution is 2.31. The summed E-state index contributed by atoms with van der Waals surface area (Å²) >= 11 is 0. The van der Waals surface area contributed by atoms with Gasteiger partial charge in [0.05, 0.1) is 23.7 Å². The van der Waals surface area contributed by atoms with Gasteiger partial charge in [-0.15, -0.1) is 0 Å². The third-order valence-corrected chi connectivity index (χ3v) is 5.58. The van der Waals surface area contributed by atoms with Crippen LogP contribution < -0.4 is 5.73 Å². The van der Waals surface area contributed by atoms with Gasteiger partial charge >= 0.3 is 0 Å². The number of nitrogens with two attached hydrogens (primary N) is 1. The van der Waals surface area contributed by atoms with Crippen molar-refractivity contribution >= 4 is 22.7 Å². The number of hydrogen-bond donors (Lipinski definition) is 3. The first-order chi connectivity index (χ1) is 16.5. The molecule has 0 spiro atoms. The second-order valence-corrected chi connectivity index (χ2v) is 7.93. The molecule has 5 rings (SSSR count). The molecule has 0 radical (unpaired) electrons. The molecule has 0 aliphatic rings. The van der Waals surface area contributed by atoms with E-state index in [0.717, 1.165) is 27.6 Å². The molecular weight excluding hydrogens is 433 g/mol. The van der Waals surface area contributed by atoms with Crippen molar-refractivity contribution in [3.05, 3.63) is 85.1 Å². The van der Waals surface area contributed by atoms with E-state index in [0.29, 0.717) is 23.5 Å². The van der Waals surface area contributed by atoms with E-state index >= 15 is 0 Å². The minimum atomic E-state index is -0.713. The molecule has 4 heterocycles. The Hall–Kier alpha value is -4.37. The summed E-state index contributed by atoms with van der Waals surface area (Å²) in [4.78, 5) is 16.4. The number of allylic oxidation sites excluding steroid dienone is 1. The lowest BCUT2D eigenvalue weighted by atomic mass is 10.0. The number of hydrogen-bond acceptors (Lipinski definition) is 6. The third kappa shape index (κ3) is 4.16. The van der Waals surface area contributed by atoms with Crippen molar-refractivity contribution in [1.82, 2.24) is 29.7 Å². The number of nitrogens with zero attached hydrogens (tertiary/aromatic N) is 5. The monoisotopic (exact) mass is 455 g/mol. The molecule has 0 aliphatic carbocycles. The number of rotatable bonds is 7. The van der Waals surface area contributed by atoms with Gasteiger partial charge < -0.3 is 15.8 Å². The number of aromatic nitrogens is 6. The first-order valence-electron chi connectivity index (χ1n) is 10.6. The molecule has 1 unspecified atom stereocenters. The van der Waals surface area contributed by atoms with Gasteiger partial charge in [0.15, 0.2) is 0 Å². The van der Waals surface area contributed by atoms with E-state index in [9.17, 15) is 9.50 Å². The lowest BCUT2D eigenvalue weighted by Crippen LogP contribution is -2.06. The molecule has 1 atom stereocenters. The van der Waals surface area contributed by atoms with Crippen molar-refractivity contribution in [3.63, 3.8) is 0 Å². The number of aromatic amines is 1. The average molecular weight is 455 g/mol. The number of aliphatic hydroxyl groups excluding tert-OH is 1. The van der Waals surface area contributed by atoms with Gasteiger partial charge in [-0.3, -0.25) is 0 Å². The van der Waals surface area contributed by atoms with Crippen molar-refractivity contribution in [2.24, 2.45) is 0 Å². The highest BCUT2D eigenvalue weighted by molar-refractivity contribution is 5.95. The van der Waals surface area contributed by atoms with Gasteiger partial charge in [-0.1, -0.05) is 36.9 Å². The Labute approximate surface area is 194 Å². The zero-order valence-electron chi connectivity index (χ0n) is 18.2. The number of pyridine rings is 1. The van der Waals surface area contributed by atoms with Crippen molar-refractivity contribution < 1.29 is 9.50 Å². The quantitative estimate of drug-likeness (QED) is 0.339. The third-order valence-electron chi connectivity index (χ3n) is 5.58. The SMILES string of the molecule is C=C(CF)n1cc(-c2cnc3[nH]cc(-c4cc(CC(O)c5ccccc5)nc(N)n4)c3c2)cn1. The van der Waals surface area contributed by atoms with Gasteiger partial charge in [0, 0.05) is 52.8 Å². The van der Waals surface area contributed by atoms with Crippen molar-refractivity contribution in [2.75, 3.05) is 12.4 Å². The normalized spacial score (nSPS) is 12.2. The minimum Gasteiger partial charge on any atom is -0.388 e. The number of aliphatic hydroxyl groups is 1. The molecule has 170 valence electrons. The van der Waals surface area contributed by atoms with Gasteiger partial charge in [0.2, 0.25) is 5.95 Å². The zero-order chi connectivity index (χ0) is 23.7. The molecule has 0 bridgehead atoms. The Balaban J connectivity index is 1.50. The van der Waals surface area contributed by atoms with E-state index in [1.807, 2.05) is 48.7 Å². The molecular formula is C25H22FN7O. The zero-order valence-corrected chi connectivity index (χ0v) is 18.2. The van der Waals surface area contributed by atoms with Crippen LogP contribution >= 0.6 is 0 Å². The highest BCUT2D eigenvalue weighted by atomic mass is 19.1. The summed E-state index contributed by atoms with van der Waals surface area (Å²) in [7, 11) is 0. The molecule has 0 fully saturated rings. The van der Waals surface area contributed by atoms with E-state index in [2.05, 4.69) is 31.6 Å². The Morgan fingerprint density at radius 2 is 1.97 bits per heavy atom. The van der Waals surface area contributed by atoms with Crippen molar-refractivity contribution in [1.29, 1.82) is 0 Å². The van der Waals surface area contributed by atoms with Crippen LogP contribution in [-0.2, 0) is 6.42 Å². The van der Waals surface area contributed by atoms with E-state index in [-0.39, 0.29) is 11.6 Å². The highest BCUT2D eigenvalue weighted by Gasteiger charge is 2.15. The molecule has 0 aliphatic heterocycles. The van der Waals surface area contributed by atoms with E-state index in [1.54, 1.807) is 18.6 Å². The molecule has 0 amide bonds. The lowest BCUT2D eigenvalue weighted by Gasteiger charge is -2.11. The maximum absolute atomic E-state index is 12.9. The van der Waals surface area contributed by atoms with Crippen LogP contribution in [0.15, 0.2) is 73.8 Å². The van der Waals surface area contributed by atoms with Gasteiger partial charge in [0.1, 0.15) is 12.3 Å². The van der Waals surface area contributed by atoms with Crippen molar-refractivity contribution in [2.45, 2.75) is 12.5 Å². The summed E-state index contributed by atoms with van der Waals surface area (Å²) in [6.45, 7) is 2.98. The Morgan fingerprint density at radius 3 is 2.76 bits per heavy atom. The molecule has 0 saturated heterocycles. The molecule has 34 heavy (non-hydrogen) atoms. The Bertz CT molecular complexity index is 1480. The summed E-state index contributed by atoms with van der Waals surface area (Å²) in [5, 5.41) is 15.6. The Morgan fingerprint density at radius 1 is 1.15 bits per heavy atom. The smallest absolute Gasteiger partial charge is 0.220 e. The molecule has 5 aromatic rings. The van der Waals surface area contributed by atoms with Crippen LogP contribution in [0.25, 0.3) is 39.1 Å². The fraction of sp³-hybridized carbons (Fsp3) is 0.120. The van der Waals surface area contributed by atoms with Crippen LogP contribution in [0.3, 0.4) is 0 Å². The lowest BCUT2D eigenvalue weighted by molar-refractivity contribution is 0.177. The van der Waals surface area contributed by atoms with E-state index in [4.69, 9.17) is 5.73 Å². The molecule has 4 aromatic heterocycles. The number of alkyl halides is 1. The van der Waals surface area contributed by atoms with Gasteiger partial charge in [-0.2, -0.15) is 5.10 Å². The fourth-order valence-electron chi connectivity index (χ4n) is 3.83. The number of benzene rings is 1. The summed E-state index contributed by atoms with van der Waals surface area (Å²) in [5.74, 6) is 0.122.